The number of fused-ring (bicyclic) bond motifs is 1. The Bertz CT molecular complexity index is 1080. The Morgan fingerprint density at radius 3 is 1.76 bits per heavy atom. The minimum atomic E-state index is -0.741. The Hall–Kier alpha value is -1.84. The molecule has 1 fully saturated rings. The fourth-order valence-electron chi connectivity index (χ4n) is 3.72. The zero-order chi connectivity index (χ0) is 21.1. The summed E-state index contributed by atoms with van der Waals surface area (Å²) in [6.07, 6.45) is 0. The van der Waals surface area contributed by atoms with Gasteiger partial charge in [0.15, 0.2) is 0 Å². The predicted molar refractivity (Wildman–Crippen MR) is 127 cm³/mol. The van der Waals surface area contributed by atoms with Crippen LogP contribution in [0.1, 0.15) is 27.7 Å². The third-order valence-electron chi connectivity index (χ3n) is 6.23. The highest BCUT2D eigenvalue weighted by molar-refractivity contribution is 6.77. The monoisotopic (exact) mass is 370 g/mol. The average Bonchev–Trinajstić information content (AvgIpc) is 2.87. The van der Waals surface area contributed by atoms with E-state index in [1.54, 1.807) is 0 Å². The van der Waals surface area contributed by atoms with Crippen LogP contribution < -0.4 is 27.3 Å². The van der Waals surface area contributed by atoms with E-state index in [-0.39, 0.29) is 0 Å². The van der Waals surface area contributed by atoms with E-state index in [2.05, 4.69) is 6.07 Å². The number of hydrogen-bond donors (Lipinski definition) is 0. The van der Waals surface area contributed by atoms with Crippen molar-refractivity contribution in [3.05, 3.63) is 42.5 Å². The zero-order valence-corrected chi connectivity index (χ0v) is 17.2. The molecule has 3 aromatic rings. The lowest BCUT2D eigenvalue weighted by atomic mass is 9.56. The van der Waals surface area contributed by atoms with Gasteiger partial charge in [-0.25, -0.2) is 0 Å². The van der Waals surface area contributed by atoms with Crippen LogP contribution in [-0.2, 0) is 9.31 Å². The first-order chi connectivity index (χ1) is 13.5. The van der Waals surface area contributed by atoms with Crippen molar-refractivity contribution in [3.8, 4) is 11.1 Å². The molecule has 0 bridgehead atoms. The lowest BCUT2D eigenvalue weighted by molar-refractivity contribution is 0.00578. The summed E-state index contributed by atoms with van der Waals surface area (Å²) in [6.45, 7) is 7.87. The quantitative estimate of drug-likeness (QED) is 0.592. The highest BCUT2D eigenvalue weighted by Crippen LogP contribution is 2.36. The molecule has 0 saturated carbocycles. The molecular weight excluding hydrogens is 350 g/mol. The molecule has 1 heterocycles. The van der Waals surface area contributed by atoms with Gasteiger partial charge >= 0.3 is 7.12 Å². The van der Waals surface area contributed by atoms with Crippen LogP contribution in [0, 0.1) is 0 Å². The van der Waals surface area contributed by atoms with Gasteiger partial charge in [0, 0.05) is 0 Å². The third-order valence-corrected chi connectivity index (χ3v) is 6.23. The first kappa shape index (κ1) is 20.4. The van der Waals surface area contributed by atoms with Crippen molar-refractivity contribution < 1.29 is 9.31 Å². The molecule has 3 aromatic carbocycles. The fourth-order valence-corrected chi connectivity index (χ4v) is 3.72. The van der Waals surface area contributed by atoms with Crippen molar-refractivity contribution in [2.45, 2.75) is 38.9 Å². The van der Waals surface area contributed by atoms with E-state index < -0.39 is 18.3 Å². The van der Waals surface area contributed by atoms with Crippen LogP contribution >= 0.6 is 0 Å². The summed E-state index contributed by atoms with van der Waals surface area (Å²) in [7, 11) is 25.1. The van der Waals surface area contributed by atoms with Crippen molar-refractivity contribution in [2.24, 2.45) is 0 Å². The van der Waals surface area contributed by atoms with Crippen LogP contribution in [-0.4, -0.2) is 49.7 Å². The first-order valence-corrected chi connectivity index (χ1v) is 9.64. The Morgan fingerprint density at radius 1 is 0.690 bits per heavy atom. The van der Waals surface area contributed by atoms with Crippen molar-refractivity contribution in [3.63, 3.8) is 0 Å². The van der Waals surface area contributed by atoms with Gasteiger partial charge < -0.3 is 9.31 Å². The second-order valence-electron chi connectivity index (χ2n) is 8.59. The van der Waals surface area contributed by atoms with E-state index in [9.17, 15) is 0 Å². The molecule has 4 rings (SSSR count). The molecule has 0 unspecified atom stereocenters. The predicted octanol–water partition coefficient (Wildman–Crippen LogP) is -0.0188. The lowest BCUT2D eigenvalue weighted by Crippen LogP contribution is -2.62. The van der Waals surface area contributed by atoms with Gasteiger partial charge in [-0.15, -0.1) is 10.9 Å². The minimum Gasteiger partial charge on any atom is -0.399 e. The van der Waals surface area contributed by atoms with E-state index >= 15 is 0 Å². The Labute approximate surface area is 178 Å². The van der Waals surface area contributed by atoms with Crippen molar-refractivity contribution in [2.75, 3.05) is 0 Å². The van der Waals surface area contributed by atoms with E-state index in [4.69, 9.17) is 40.7 Å². The molecule has 0 aliphatic carbocycles. The fraction of sp³-hybridized carbons (Fsp3) is 0.273. The summed E-state index contributed by atoms with van der Waals surface area (Å²) in [5.74, 6) is 0. The average molecular weight is 369 g/mol. The lowest BCUT2D eigenvalue weighted by Gasteiger charge is -2.32. The van der Waals surface area contributed by atoms with E-state index in [0.29, 0.717) is 32.9 Å². The van der Waals surface area contributed by atoms with Gasteiger partial charge in [-0.3, -0.25) is 0 Å². The van der Waals surface area contributed by atoms with E-state index in [0.717, 1.165) is 16.3 Å². The summed E-state index contributed by atoms with van der Waals surface area (Å²) in [5.41, 5.74) is 2.32. The normalized spacial score (nSPS) is 17.7. The van der Waals surface area contributed by atoms with Crippen LogP contribution in [0.2, 0.25) is 0 Å². The second-order valence-corrected chi connectivity index (χ2v) is 8.59. The molecule has 7 heteroatoms. The van der Waals surface area contributed by atoms with Gasteiger partial charge in [-0.2, -0.15) is 0 Å². The molecule has 0 aromatic heterocycles. The molecule has 0 amide bonds. The number of rotatable bonds is 2. The van der Waals surface area contributed by atoms with Gasteiger partial charge in [-0.1, -0.05) is 47.3 Å². The summed E-state index contributed by atoms with van der Waals surface area (Å²) >= 11 is 0. The topological polar surface area (TPSA) is 18.5 Å². The molecule has 1 saturated heterocycles. The van der Waals surface area contributed by atoms with Crippen LogP contribution in [0.3, 0.4) is 0 Å². The summed E-state index contributed by atoms with van der Waals surface area (Å²) in [4.78, 5) is 0. The van der Waals surface area contributed by atoms with Gasteiger partial charge in [0.05, 0.1) is 11.2 Å². The standard InChI is InChI=1S/C22H19B5O2/c1-21(2)22(3,4)29-27(28-21)20-18(25)16(23)15(17(24)19(20)26)14-10-9-12-7-5-6-8-13(12)11-14/h5-11H,1-4H3. The second kappa shape index (κ2) is 6.85. The Morgan fingerprint density at radius 2 is 1.21 bits per heavy atom. The van der Waals surface area contributed by atoms with Crippen LogP contribution in [0.4, 0.5) is 0 Å². The van der Waals surface area contributed by atoms with Gasteiger partial charge in [0.1, 0.15) is 31.4 Å². The maximum absolute atomic E-state index is 6.46. The first-order valence-electron chi connectivity index (χ1n) is 9.64. The van der Waals surface area contributed by atoms with Gasteiger partial charge in [-0.05, 0) is 61.1 Å². The molecule has 134 valence electrons. The van der Waals surface area contributed by atoms with Crippen molar-refractivity contribution in [1.29, 1.82) is 0 Å². The molecular formula is C22H19B5O2. The molecule has 29 heavy (non-hydrogen) atoms. The molecule has 0 spiro atoms. The van der Waals surface area contributed by atoms with E-state index in [1.165, 1.54) is 0 Å². The summed E-state index contributed by atoms with van der Waals surface area (Å²) < 4.78 is 12.3. The van der Waals surface area contributed by atoms with Crippen molar-refractivity contribution in [1.82, 2.24) is 0 Å². The van der Waals surface area contributed by atoms with Crippen LogP contribution in [0.15, 0.2) is 42.5 Å². The number of benzene rings is 3. The van der Waals surface area contributed by atoms with Crippen LogP contribution in [0.25, 0.3) is 21.9 Å². The van der Waals surface area contributed by atoms with Crippen molar-refractivity contribution >= 4 is 76.6 Å². The smallest absolute Gasteiger partial charge is 0.399 e. The molecule has 1 aliphatic heterocycles. The SMILES string of the molecule is [B]c1c([B])c(-c2ccc3ccccc3c2)c([B])c([B])c1B1OC(C)(C)C(C)(C)O1. The van der Waals surface area contributed by atoms with Crippen LogP contribution in [0.5, 0.6) is 0 Å². The maximum atomic E-state index is 6.46. The highest BCUT2D eigenvalue weighted by Gasteiger charge is 2.52. The summed E-state index contributed by atoms with van der Waals surface area (Å²) in [6, 6.07) is 14.1. The van der Waals surface area contributed by atoms with Gasteiger partial charge in [0.2, 0.25) is 0 Å². The third kappa shape index (κ3) is 3.19. The number of hydrogen-bond acceptors (Lipinski definition) is 2. The molecule has 8 radical (unpaired) electrons. The molecule has 1 aliphatic rings. The summed E-state index contributed by atoms with van der Waals surface area (Å²) in [5, 5.41) is 2.21. The largest absolute Gasteiger partial charge is 0.493 e. The Balaban J connectivity index is 1.87. The molecule has 2 nitrogen and oxygen atoms in total. The van der Waals surface area contributed by atoms with E-state index in [1.807, 2.05) is 64.1 Å². The highest BCUT2D eigenvalue weighted by atomic mass is 16.7. The molecule has 0 atom stereocenters. The van der Waals surface area contributed by atoms with Gasteiger partial charge in [0.25, 0.3) is 0 Å². The minimum absolute atomic E-state index is 0.332. The zero-order valence-electron chi connectivity index (χ0n) is 17.2. The maximum Gasteiger partial charge on any atom is 0.493 e. The molecule has 0 N–H and O–H groups in total. The Kier molecular flexibility index (Phi) is 4.83.